The van der Waals surface area contributed by atoms with Gasteiger partial charge in [0.1, 0.15) is 0 Å². The van der Waals surface area contributed by atoms with Gasteiger partial charge in [0.2, 0.25) is 0 Å². The number of nitrogen functional groups attached to an aromatic ring is 1. The first-order valence-corrected chi connectivity index (χ1v) is 6.14. The van der Waals surface area contributed by atoms with E-state index in [0.29, 0.717) is 10.6 Å². The van der Waals surface area contributed by atoms with Crippen LogP contribution in [0.3, 0.4) is 0 Å². The zero-order valence-electron chi connectivity index (χ0n) is 10.0. The molecule has 106 valence electrons. The summed E-state index contributed by atoms with van der Waals surface area (Å²) >= 11 is 5.79. The molecule has 1 heterocycles. The maximum atomic E-state index is 13.1. The van der Waals surface area contributed by atoms with Crippen LogP contribution < -0.4 is 5.73 Å². The average molecular weight is 304 g/mol. The van der Waals surface area contributed by atoms with Crippen LogP contribution >= 0.6 is 11.6 Å². The Morgan fingerprint density at radius 1 is 1.30 bits per heavy atom. The molecule has 0 unspecified atom stereocenters. The third-order valence-corrected chi connectivity index (χ3v) is 3.72. The number of alkyl halides is 3. The van der Waals surface area contributed by atoms with Gasteiger partial charge in [0.25, 0.3) is 0 Å². The molecule has 2 N–H and O–H groups in total. The molecule has 1 saturated carbocycles. The second kappa shape index (κ2) is 4.08. The van der Waals surface area contributed by atoms with Crippen LogP contribution in [0.15, 0.2) is 18.2 Å². The fourth-order valence-corrected chi connectivity index (χ4v) is 2.19. The molecular formula is C11H9ClF3N5. The van der Waals surface area contributed by atoms with Crippen molar-refractivity contribution in [2.45, 2.75) is 24.6 Å². The van der Waals surface area contributed by atoms with Crippen LogP contribution in [0.4, 0.5) is 18.9 Å². The summed E-state index contributed by atoms with van der Waals surface area (Å²) in [4.78, 5) is 0. The van der Waals surface area contributed by atoms with E-state index in [2.05, 4.69) is 15.5 Å². The van der Waals surface area contributed by atoms with Crippen LogP contribution in [-0.2, 0) is 5.54 Å². The summed E-state index contributed by atoms with van der Waals surface area (Å²) in [5.74, 6) is 0.0307. The van der Waals surface area contributed by atoms with Crippen molar-refractivity contribution in [3.05, 3.63) is 23.2 Å². The molecular weight excluding hydrogens is 295 g/mol. The van der Waals surface area contributed by atoms with Gasteiger partial charge >= 0.3 is 6.18 Å². The van der Waals surface area contributed by atoms with Crippen molar-refractivity contribution >= 4 is 17.3 Å². The van der Waals surface area contributed by atoms with E-state index in [4.69, 9.17) is 17.3 Å². The smallest absolute Gasteiger partial charge is 0.398 e. The van der Waals surface area contributed by atoms with Crippen molar-refractivity contribution in [3.63, 3.8) is 0 Å². The fraction of sp³-hybridized carbons (Fsp3) is 0.364. The van der Waals surface area contributed by atoms with Gasteiger partial charge in [-0.05, 0) is 41.5 Å². The van der Waals surface area contributed by atoms with E-state index in [1.54, 1.807) is 0 Å². The van der Waals surface area contributed by atoms with Gasteiger partial charge in [-0.1, -0.05) is 11.6 Å². The Hall–Kier alpha value is -1.83. The molecule has 1 fully saturated rings. The van der Waals surface area contributed by atoms with Gasteiger partial charge < -0.3 is 5.73 Å². The summed E-state index contributed by atoms with van der Waals surface area (Å²) in [5.41, 5.74) is 4.31. The summed E-state index contributed by atoms with van der Waals surface area (Å²) in [6, 6.07) is 4.49. The lowest BCUT2D eigenvalue weighted by molar-refractivity contribution is -0.182. The quantitative estimate of drug-likeness (QED) is 0.866. The molecule has 3 rings (SSSR count). The maximum absolute atomic E-state index is 13.1. The molecule has 0 aliphatic heterocycles. The topological polar surface area (TPSA) is 69.6 Å². The molecule has 1 aromatic heterocycles. The van der Waals surface area contributed by atoms with Gasteiger partial charge in [0.15, 0.2) is 11.4 Å². The van der Waals surface area contributed by atoms with Crippen molar-refractivity contribution < 1.29 is 13.2 Å². The molecule has 0 amide bonds. The van der Waals surface area contributed by atoms with E-state index in [1.165, 1.54) is 18.2 Å². The first kappa shape index (κ1) is 13.2. The van der Waals surface area contributed by atoms with E-state index in [1.807, 2.05) is 0 Å². The minimum Gasteiger partial charge on any atom is -0.398 e. The molecule has 0 saturated heterocycles. The largest absolute Gasteiger partial charge is 0.413 e. The van der Waals surface area contributed by atoms with E-state index in [-0.39, 0.29) is 24.4 Å². The third-order valence-electron chi connectivity index (χ3n) is 3.38. The van der Waals surface area contributed by atoms with Crippen LogP contribution in [0.5, 0.6) is 0 Å². The molecule has 0 bridgehead atoms. The number of hydrogen-bond donors (Lipinski definition) is 1. The number of rotatable bonds is 2. The Morgan fingerprint density at radius 2 is 2.00 bits per heavy atom. The zero-order valence-corrected chi connectivity index (χ0v) is 10.8. The Labute approximate surface area is 116 Å². The highest BCUT2D eigenvalue weighted by Crippen LogP contribution is 2.55. The van der Waals surface area contributed by atoms with Gasteiger partial charge in [-0.25, -0.2) is 4.68 Å². The van der Waals surface area contributed by atoms with Crippen LogP contribution in [0, 0.1) is 0 Å². The molecule has 1 aliphatic rings. The van der Waals surface area contributed by atoms with Crippen molar-refractivity contribution in [2.24, 2.45) is 0 Å². The summed E-state index contributed by atoms with van der Waals surface area (Å²) in [7, 11) is 0. The van der Waals surface area contributed by atoms with Gasteiger partial charge in [-0.3, -0.25) is 0 Å². The minimum atomic E-state index is -4.39. The lowest BCUT2D eigenvalue weighted by atomic mass is 10.1. The number of nitrogens with zero attached hydrogens (tertiary/aromatic N) is 4. The highest BCUT2D eigenvalue weighted by molar-refractivity contribution is 6.33. The zero-order chi connectivity index (χ0) is 14.5. The number of anilines is 1. The molecule has 0 radical (unpaired) electrons. The summed E-state index contributed by atoms with van der Waals surface area (Å²) < 4.78 is 40.2. The fourth-order valence-electron chi connectivity index (χ4n) is 2.07. The Morgan fingerprint density at radius 3 is 2.55 bits per heavy atom. The maximum Gasteiger partial charge on any atom is 0.413 e. The highest BCUT2D eigenvalue weighted by atomic mass is 35.5. The Bertz CT molecular complexity index is 662. The van der Waals surface area contributed by atoms with Crippen molar-refractivity contribution in [3.8, 4) is 11.4 Å². The molecule has 1 aromatic carbocycles. The number of nitrogens with two attached hydrogens (primary N) is 1. The van der Waals surface area contributed by atoms with Gasteiger partial charge in [0.05, 0.1) is 10.7 Å². The van der Waals surface area contributed by atoms with E-state index >= 15 is 0 Å². The first-order chi connectivity index (χ1) is 9.35. The number of benzene rings is 1. The van der Waals surface area contributed by atoms with E-state index in [0.717, 1.165) is 4.68 Å². The average Bonchev–Trinajstić information content (AvgIpc) is 3.05. The van der Waals surface area contributed by atoms with Gasteiger partial charge in [-0.2, -0.15) is 13.2 Å². The third kappa shape index (κ3) is 1.82. The normalized spacial score (nSPS) is 17.2. The van der Waals surface area contributed by atoms with Crippen LogP contribution in [0.2, 0.25) is 5.02 Å². The van der Waals surface area contributed by atoms with E-state index in [9.17, 15) is 13.2 Å². The van der Waals surface area contributed by atoms with Gasteiger partial charge in [-0.15, -0.1) is 5.10 Å². The highest BCUT2D eigenvalue weighted by Gasteiger charge is 2.66. The van der Waals surface area contributed by atoms with Crippen molar-refractivity contribution in [1.82, 2.24) is 20.2 Å². The lowest BCUT2D eigenvalue weighted by Gasteiger charge is -2.20. The second-order valence-corrected chi connectivity index (χ2v) is 5.09. The molecule has 9 heteroatoms. The molecule has 2 aromatic rings. The standard InChI is InChI=1S/C11H9ClF3N5/c12-7-2-1-6(5-8(7)16)9-17-18-19-20(9)10(3-4-10)11(13,14)15/h1-2,5H,3-4,16H2. The van der Waals surface area contributed by atoms with Crippen LogP contribution in [0.25, 0.3) is 11.4 Å². The summed E-state index contributed by atoms with van der Waals surface area (Å²) in [6.07, 6.45) is -4.45. The lowest BCUT2D eigenvalue weighted by Crippen LogP contribution is -2.36. The van der Waals surface area contributed by atoms with E-state index < -0.39 is 11.7 Å². The Kier molecular flexibility index (Phi) is 2.69. The SMILES string of the molecule is Nc1cc(-c2nnnn2C2(C(F)(F)F)CC2)ccc1Cl. The molecule has 5 nitrogen and oxygen atoms in total. The van der Waals surface area contributed by atoms with Crippen LogP contribution in [-0.4, -0.2) is 26.4 Å². The van der Waals surface area contributed by atoms with Gasteiger partial charge in [0, 0.05) is 5.56 Å². The predicted molar refractivity (Wildman–Crippen MR) is 65.9 cm³/mol. The summed E-state index contributed by atoms with van der Waals surface area (Å²) in [5, 5.41) is 10.9. The monoisotopic (exact) mass is 303 g/mol. The first-order valence-electron chi connectivity index (χ1n) is 5.76. The van der Waals surface area contributed by atoms with Crippen molar-refractivity contribution in [1.29, 1.82) is 0 Å². The molecule has 20 heavy (non-hydrogen) atoms. The number of tetrazole rings is 1. The minimum absolute atomic E-state index is 0.0301. The van der Waals surface area contributed by atoms with Crippen molar-refractivity contribution in [2.75, 3.05) is 5.73 Å². The second-order valence-electron chi connectivity index (χ2n) is 4.68. The molecule has 1 aliphatic carbocycles. The number of aromatic nitrogens is 4. The van der Waals surface area contributed by atoms with Crippen LogP contribution in [0.1, 0.15) is 12.8 Å². The molecule has 0 atom stereocenters. The number of hydrogen-bond acceptors (Lipinski definition) is 4. The Balaban J connectivity index is 2.09. The molecule has 0 spiro atoms. The summed E-state index contributed by atoms with van der Waals surface area (Å²) in [6.45, 7) is 0. The number of halogens is 4. The predicted octanol–water partition coefficient (Wildman–Crippen LogP) is 2.63.